The number of anilines is 1. The second-order valence-corrected chi connectivity index (χ2v) is 7.69. The minimum atomic E-state index is -0.652. The van der Waals surface area contributed by atoms with E-state index in [2.05, 4.69) is 5.32 Å². The van der Waals surface area contributed by atoms with Crippen molar-refractivity contribution in [3.63, 3.8) is 0 Å². The summed E-state index contributed by atoms with van der Waals surface area (Å²) in [5.41, 5.74) is 1.14. The largest absolute Gasteiger partial charge is 0.497 e. The third-order valence-electron chi connectivity index (χ3n) is 4.58. The Labute approximate surface area is 205 Å². The van der Waals surface area contributed by atoms with Crippen molar-refractivity contribution >= 4 is 46.6 Å². The Morgan fingerprint density at radius 1 is 1.15 bits per heavy atom. The number of methoxy groups -OCH3 is 1. The zero-order chi connectivity index (χ0) is 24.7. The molecule has 0 saturated heterocycles. The molecular formula is C24H17Cl2N3O5. The SMILES string of the molecule is COc1ccc(/C=C(\C#N)C(=O)Nc2ccc(Cl)c(Cl)c2)c(OCc2cccc([N+](=O)[O-])c2)c1. The van der Waals surface area contributed by atoms with Crippen LogP contribution in [-0.2, 0) is 11.4 Å². The molecule has 3 aromatic rings. The molecule has 0 fully saturated rings. The van der Waals surface area contributed by atoms with Crippen molar-refractivity contribution in [1.29, 1.82) is 5.26 Å². The van der Waals surface area contributed by atoms with Crippen LogP contribution in [0.25, 0.3) is 6.08 Å². The monoisotopic (exact) mass is 497 g/mol. The van der Waals surface area contributed by atoms with Gasteiger partial charge in [-0.1, -0.05) is 35.3 Å². The lowest BCUT2D eigenvalue weighted by atomic mass is 10.1. The van der Waals surface area contributed by atoms with Crippen LogP contribution in [0, 0.1) is 21.4 Å². The number of amides is 1. The van der Waals surface area contributed by atoms with E-state index in [0.717, 1.165) is 0 Å². The van der Waals surface area contributed by atoms with Crippen molar-refractivity contribution in [2.24, 2.45) is 0 Å². The summed E-state index contributed by atoms with van der Waals surface area (Å²) in [6, 6.07) is 17.3. The highest BCUT2D eigenvalue weighted by Crippen LogP contribution is 2.29. The van der Waals surface area contributed by atoms with Gasteiger partial charge in [-0.15, -0.1) is 0 Å². The molecule has 0 bridgehead atoms. The highest BCUT2D eigenvalue weighted by molar-refractivity contribution is 6.42. The molecule has 0 radical (unpaired) electrons. The van der Waals surface area contributed by atoms with Gasteiger partial charge in [-0.3, -0.25) is 14.9 Å². The van der Waals surface area contributed by atoms with E-state index in [0.29, 0.717) is 33.3 Å². The van der Waals surface area contributed by atoms with Gasteiger partial charge in [0.05, 0.1) is 22.1 Å². The number of carbonyl (C=O) groups is 1. The highest BCUT2D eigenvalue weighted by atomic mass is 35.5. The van der Waals surface area contributed by atoms with Crippen LogP contribution in [0.2, 0.25) is 10.0 Å². The molecule has 3 rings (SSSR count). The van der Waals surface area contributed by atoms with E-state index >= 15 is 0 Å². The van der Waals surface area contributed by atoms with Gasteiger partial charge in [-0.2, -0.15) is 5.26 Å². The van der Waals surface area contributed by atoms with Crippen molar-refractivity contribution in [3.05, 3.63) is 97.5 Å². The standard InChI is InChI=1S/C24H17Cl2N3O5/c1-33-20-7-5-16(23(12-20)34-14-15-3-2-4-19(9-15)29(31)32)10-17(13-27)24(30)28-18-6-8-21(25)22(26)11-18/h2-12H,14H2,1H3,(H,28,30)/b17-10+. The number of carbonyl (C=O) groups excluding carboxylic acids is 1. The predicted octanol–water partition coefficient (Wildman–Crippen LogP) is 6.03. The van der Waals surface area contributed by atoms with Gasteiger partial charge in [0.2, 0.25) is 0 Å². The zero-order valence-corrected chi connectivity index (χ0v) is 19.3. The molecule has 0 unspecified atom stereocenters. The van der Waals surface area contributed by atoms with E-state index in [1.807, 2.05) is 6.07 Å². The van der Waals surface area contributed by atoms with Crippen molar-refractivity contribution in [1.82, 2.24) is 0 Å². The Kier molecular flexibility index (Phi) is 8.09. The van der Waals surface area contributed by atoms with Gasteiger partial charge in [0.15, 0.2) is 0 Å². The molecule has 0 heterocycles. The molecule has 0 aliphatic rings. The summed E-state index contributed by atoms with van der Waals surface area (Å²) in [5, 5.41) is 23.8. The molecule has 8 nitrogen and oxygen atoms in total. The molecule has 1 amide bonds. The number of halogens is 2. The number of nitrogens with zero attached hydrogens (tertiary/aromatic N) is 2. The van der Waals surface area contributed by atoms with Gasteiger partial charge in [0, 0.05) is 29.4 Å². The van der Waals surface area contributed by atoms with Gasteiger partial charge in [-0.05, 0) is 42.0 Å². The van der Waals surface area contributed by atoms with Crippen LogP contribution in [0.1, 0.15) is 11.1 Å². The fourth-order valence-corrected chi connectivity index (χ4v) is 3.18. The van der Waals surface area contributed by atoms with Gasteiger partial charge in [-0.25, -0.2) is 0 Å². The molecule has 0 aliphatic heterocycles. The molecule has 1 N–H and O–H groups in total. The van der Waals surface area contributed by atoms with E-state index < -0.39 is 10.8 Å². The first-order valence-electron chi connectivity index (χ1n) is 9.73. The quantitative estimate of drug-likeness (QED) is 0.175. The average molecular weight is 498 g/mol. The molecular weight excluding hydrogens is 481 g/mol. The van der Waals surface area contributed by atoms with E-state index in [1.54, 1.807) is 36.4 Å². The van der Waals surface area contributed by atoms with Crippen LogP contribution in [-0.4, -0.2) is 17.9 Å². The maximum atomic E-state index is 12.7. The van der Waals surface area contributed by atoms with Crippen LogP contribution < -0.4 is 14.8 Å². The third kappa shape index (κ3) is 6.25. The molecule has 172 valence electrons. The maximum absolute atomic E-state index is 12.7. The van der Waals surface area contributed by atoms with Crippen LogP contribution in [0.3, 0.4) is 0 Å². The molecule has 0 aromatic heterocycles. The lowest BCUT2D eigenvalue weighted by Gasteiger charge is -2.12. The number of non-ortho nitro benzene ring substituents is 1. The number of nitrogens with one attached hydrogen (secondary N) is 1. The van der Waals surface area contributed by atoms with Gasteiger partial charge in [0.25, 0.3) is 11.6 Å². The Morgan fingerprint density at radius 3 is 2.62 bits per heavy atom. The summed E-state index contributed by atoms with van der Waals surface area (Å²) < 4.78 is 11.1. The summed E-state index contributed by atoms with van der Waals surface area (Å²) >= 11 is 11.9. The molecule has 0 atom stereocenters. The summed E-state index contributed by atoms with van der Waals surface area (Å²) in [6.45, 7) is 0.0209. The summed E-state index contributed by atoms with van der Waals surface area (Å²) in [7, 11) is 1.49. The fourth-order valence-electron chi connectivity index (χ4n) is 2.88. The van der Waals surface area contributed by atoms with Crippen LogP contribution >= 0.6 is 23.2 Å². The predicted molar refractivity (Wildman–Crippen MR) is 129 cm³/mol. The lowest BCUT2D eigenvalue weighted by Crippen LogP contribution is -2.13. The Morgan fingerprint density at radius 2 is 1.94 bits per heavy atom. The number of hydrogen-bond donors (Lipinski definition) is 1. The average Bonchev–Trinajstić information content (AvgIpc) is 2.83. The summed E-state index contributed by atoms with van der Waals surface area (Å²) in [6.07, 6.45) is 1.37. The number of rotatable bonds is 8. The molecule has 0 saturated carbocycles. The maximum Gasteiger partial charge on any atom is 0.269 e. The zero-order valence-electron chi connectivity index (χ0n) is 17.7. The normalized spacial score (nSPS) is 10.8. The van der Waals surface area contributed by atoms with Crippen molar-refractivity contribution in [2.75, 3.05) is 12.4 Å². The number of benzene rings is 3. The number of nitriles is 1. The van der Waals surface area contributed by atoms with Crippen LogP contribution in [0.15, 0.2) is 66.2 Å². The van der Waals surface area contributed by atoms with Crippen LogP contribution in [0.4, 0.5) is 11.4 Å². The number of hydrogen-bond acceptors (Lipinski definition) is 6. The first-order valence-corrected chi connectivity index (χ1v) is 10.5. The lowest BCUT2D eigenvalue weighted by molar-refractivity contribution is -0.384. The van der Waals surface area contributed by atoms with E-state index in [-0.39, 0.29) is 22.9 Å². The Balaban J connectivity index is 1.86. The van der Waals surface area contributed by atoms with E-state index in [9.17, 15) is 20.2 Å². The van der Waals surface area contributed by atoms with Crippen molar-refractivity contribution in [3.8, 4) is 17.6 Å². The number of ether oxygens (including phenoxy) is 2. The van der Waals surface area contributed by atoms with Crippen molar-refractivity contribution in [2.45, 2.75) is 6.61 Å². The second-order valence-electron chi connectivity index (χ2n) is 6.87. The van der Waals surface area contributed by atoms with Gasteiger partial charge < -0.3 is 14.8 Å². The van der Waals surface area contributed by atoms with Crippen molar-refractivity contribution < 1.29 is 19.2 Å². The number of nitro benzene ring substituents is 1. The molecule has 0 aliphatic carbocycles. The molecule has 0 spiro atoms. The first-order chi connectivity index (χ1) is 16.3. The Hall–Kier alpha value is -4.06. The minimum absolute atomic E-state index is 0.0209. The first kappa shape index (κ1) is 24.6. The number of nitro groups is 1. The molecule has 3 aromatic carbocycles. The van der Waals surface area contributed by atoms with Crippen LogP contribution in [0.5, 0.6) is 11.5 Å². The minimum Gasteiger partial charge on any atom is -0.497 e. The van der Waals surface area contributed by atoms with E-state index in [1.165, 1.54) is 37.5 Å². The molecule has 34 heavy (non-hydrogen) atoms. The third-order valence-corrected chi connectivity index (χ3v) is 5.32. The fraction of sp³-hybridized carbons (Fsp3) is 0.0833. The van der Waals surface area contributed by atoms with Gasteiger partial charge in [0.1, 0.15) is 29.7 Å². The van der Waals surface area contributed by atoms with E-state index in [4.69, 9.17) is 32.7 Å². The highest BCUT2D eigenvalue weighted by Gasteiger charge is 2.14. The topological polar surface area (TPSA) is 114 Å². The summed E-state index contributed by atoms with van der Waals surface area (Å²) in [5.74, 6) is 0.159. The second kappa shape index (κ2) is 11.2. The van der Waals surface area contributed by atoms with Gasteiger partial charge >= 0.3 is 0 Å². The Bertz CT molecular complexity index is 1320. The summed E-state index contributed by atoms with van der Waals surface area (Å²) in [4.78, 5) is 23.2. The smallest absolute Gasteiger partial charge is 0.269 e. The molecule has 10 heteroatoms.